The van der Waals surface area contributed by atoms with Crippen molar-refractivity contribution in [3.63, 3.8) is 0 Å². The van der Waals surface area contributed by atoms with Crippen LogP contribution in [-0.2, 0) is 19.3 Å². The molecule has 2 saturated carbocycles. The number of nitrogens with two attached hydrogens (primary N) is 1. The van der Waals surface area contributed by atoms with E-state index < -0.39 is 18.3 Å². The van der Waals surface area contributed by atoms with Crippen LogP contribution in [0.25, 0.3) is 11.1 Å². The average molecular weight is 876 g/mol. The van der Waals surface area contributed by atoms with E-state index in [0.717, 1.165) is 96.1 Å². The number of rotatable bonds is 4. The highest BCUT2D eigenvalue weighted by atomic mass is 16.5. The number of aromatic hydroxyl groups is 2. The zero-order valence-electron chi connectivity index (χ0n) is 38.7. The number of allylic oxidation sites excluding steroid dienone is 2. The van der Waals surface area contributed by atoms with E-state index >= 15 is 0 Å². The monoisotopic (exact) mass is 876 g/mol. The Morgan fingerprint density at radius 2 is 1.69 bits per heavy atom. The number of hydrogen-bond donors (Lipinski definition) is 6. The first-order valence-electron chi connectivity index (χ1n) is 24.8. The average Bonchev–Trinajstić information content (AvgIpc) is 3.74. The summed E-state index contributed by atoms with van der Waals surface area (Å²) in [7, 11) is 1.72. The Morgan fingerprint density at radius 3 is 2.47 bits per heavy atom. The third-order valence-corrected chi connectivity index (χ3v) is 16.3. The van der Waals surface area contributed by atoms with Gasteiger partial charge in [0.1, 0.15) is 29.5 Å². The first-order chi connectivity index (χ1) is 30.9. The van der Waals surface area contributed by atoms with E-state index in [4.69, 9.17) is 19.9 Å². The number of methoxy groups -OCH3 is 1. The SMILES string of the molecule is CC[C@@H]1C[C@H]2C=C[C@@H]1C[C@@H](O)CCCN=C(N)NCC[C@@H]1[C@@H](CCCC13CCCC3)Oc1cc(ccc1O)[C@@H]1Oc3cc(OC)c4c(c3C[C@H]1O)[C@H]2Cc1cc(O)c(CC(C)C)cc1-4. The van der Waals surface area contributed by atoms with Crippen molar-refractivity contribution in [1.29, 1.82) is 0 Å². The highest BCUT2D eigenvalue weighted by molar-refractivity contribution is 5.84. The summed E-state index contributed by atoms with van der Waals surface area (Å²) < 4.78 is 20.2. The van der Waals surface area contributed by atoms with Crippen LogP contribution in [0.2, 0.25) is 0 Å². The molecule has 0 radical (unpaired) electrons. The summed E-state index contributed by atoms with van der Waals surface area (Å²) in [6.07, 6.45) is 17.6. The summed E-state index contributed by atoms with van der Waals surface area (Å²) in [5.74, 6) is 4.23. The lowest BCUT2D eigenvalue weighted by atomic mass is 9.62. The molecule has 2 fully saturated rings. The fourth-order valence-corrected chi connectivity index (χ4v) is 13.3. The molecule has 1 spiro atoms. The predicted molar refractivity (Wildman–Crippen MR) is 252 cm³/mol. The maximum Gasteiger partial charge on any atom is 0.188 e. The molecule has 12 rings (SSSR count). The Kier molecular flexibility index (Phi) is 13.2. The van der Waals surface area contributed by atoms with Crippen molar-refractivity contribution >= 4 is 5.96 Å². The van der Waals surface area contributed by atoms with Crippen LogP contribution in [0.4, 0.5) is 0 Å². The summed E-state index contributed by atoms with van der Waals surface area (Å²) in [4.78, 5) is 4.66. The van der Waals surface area contributed by atoms with Gasteiger partial charge in [0, 0.05) is 42.6 Å². The van der Waals surface area contributed by atoms with Gasteiger partial charge in [0.15, 0.2) is 17.5 Å². The Balaban J connectivity index is 1.13. The maximum atomic E-state index is 12.3. The number of aliphatic hydroxyl groups excluding tert-OH is 2. The van der Waals surface area contributed by atoms with Gasteiger partial charge in [-0.3, -0.25) is 4.99 Å². The topological polar surface area (TPSA) is 159 Å². The molecular weight excluding hydrogens is 803 g/mol. The number of nitrogens with zero attached hydrogens (tertiary/aromatic N) is 1. The van der Waals surface area contributed by atoms with E-state index in [9.17, 15) is 20.4 Å². The van der Waals surface area contributed by atoms with Gasteiger partial charge in [-0.05, 0) is 164 Å². The zero-order chi connectivity index (χ0) is 44.7. The predicted octanol–water partition coefficient (Wildman–Crippen LogP) is 9.81. The van der Waals surface area contributed by atoms with E-state index in [-0.39, 0.29) is 40.9 Å². The van der Waals surface area contributed by atoms with Gasteiger partial charge in [-0.2, -0.15) is 0 Å². The molecule has 3 aromatic rings. The molecule has 0 unspecified atom stereocenters. The molecule has 8 bridgehead atoms. The number of phenols is 2. The van der Waals surface area contributed by atoms with E-state index in [1.807, 2.05) is 24.3 Å². The van der Waals surface area contributed by atoms with Crippen molar-refractivity contribution in [3.8, 4) is 39.9 Å². The summed E-state index contributed by atoms with van der Waals surface area (Å²) in [6, 6.07) is 11.6. The van der Waals surface area contributed by atoms with Gasteiger partial charge in [-0.1, -0.05) is 58.3 Å². The summed E-state index contributed by atoms with van der Waals surface area (Å²) in [5, 5.41) is 49.8. The van der Waals surface area contributed by atoms with Gasteiger partial charge in [-0.15, -0.1) is 0 Å². The number of benzene rings is 3. The molecule has 0 amide bonds. The second kappa shape index (κ2) is 18.8. The second-order valence-electron chi connectivity index (χ2n) is 20.8. The molecule has 7 N–H and O–H groups in total. The lowest BCUT2D eigenvalue weighted by Gasteiger charge is -2.46. The van der Waals surface area contributed by atoms with E-state index in [1.54, 1.807) is 13.2 Å². The van der Waals surface area contributed by atoms with Crippen molar-refractivity contribution in [1.82, 2.24) is 5.32 Å². The maximum absolute atomic E-state index is 12.3. The molecule has 9 aliphatic rings. The summed E-state index contributed by atoms with van der Waals surface area (Å²) in [6.45, 7) is 7.86. The molecule has 10 heteroatoms. The number of ether oxygens (including phenoxy) is 3. The smallest absolute Gasteiger partial charge is 0.188 e. The number of nitrogens with one attached hydrogen (secondary N) is 1. The van der Waals surface area contributed by atoms with Gasteiger partial charge < -0.3 is 45.7 Å². The van der Waals surface area contributed by atoms with E-state index in [0.29, 0.717) is 67.4 Å². The van der Waals surface area contributed by atoms with Crippen molar-refractivity contribution < 1.29 is 34.6 Å². The van der Waals surface area contributed by atoms with Crippen LogP contribution in [-0.4, -0.2) is 64.9 Å². The molecule has 3 aromatic carbocycles. The first-order valence-corrected chi connectivity index (χ1v) is 24.8. The number of fused-ring (bicyclic) bond motifs is 2. The molecule has 0 aromatic heterocycles. The molecule has 64 heavy (non-hydrogen) atoms. The third kappa shape index (κ3) is 8.82. The van der Waals surface area contributed by atoms with Crippen LogP contribution in [0.15, 0.2) is 53.5 Å². The molecule has 5 aliphatic heterocycles. The van der Waals surface area contributed by atoms with Crippen molar-refractivity contribution in [2.75, 3.05) is 20.2 Å². The van der Waals surface area contributed by atoms with Gasteiger partial charge in [0.25, 0.3) is 0 Å². The number of hydrogen-bond acceptors (Lipinski definition) is 10. The molecule has 0 saturated heterocycles. The Morgan fingerprint density at radius 1 is 0.891 bits per heavy atom. The third-order valence-electron chi connectivity index (χ3n) is 16.3. The Bertz CT molecular complexity index is 2210. The number of phenolic OH excluding ortho intramolecular Hbond substituents is 2. The summed E-state index contributed by atoms with van der Waals surface area (Å²) >= 11 is 0. The number of guanidine groups is 1. The molecule has 346 valence electrons. The number of aliphatic imine (C=N–C) groups is 1. The fourth-order valence-electron chi connectivity index (χ4n) is 13.3. The van der Waals surface area contributed by atoms with Crippen LogP contribution in [0, 0.1) is 35.0 Å². The summed E-state index contributed by atoms with van der Waals surface area (Å²) in [5.41, 5.74) is 13.7. The highest BCUT2D eigenvalue weighted by Gasteiger charge is 2.48. The van der Waals surface area contributed by atoms with Gasteiger partial charge in [0.05, 0.1) is 19.3 Å². The quantitative estimate of drug-likeness (QED) is 0.140. The standard InChI is InChI=1S/C54H73N3O7/c1-5-32-23-34-13-12-33(32)24-38(58)10-9-20-56-53(55)57-21-16-42-46(11-8-19-54(42)17-6-7-18-54)63-48-28-35(14-15-43(48)59)52-45(61)29-41-47(64-52)30-49(62-4)51-40-26-37(22-31(2)3)44(60)27-36(40)25-39(34)50(41)51/h12-15,26-28,30-34,38-39,42,45-46,52,58-61H,5-11,16-25,29H2,1-4H3,(H3,55,56,57)/t32-,33-,34-,38+,39+,42-,45-,46-,52+/m1/s1. The minimum Gasteiger partial charge on any atom is -0.508 e. The first kappa shape index (κ1) is 44.8. The largest absolute Gasteiger partial charge is 0.508 e. The minimum atomic E-state index is -0.863. The van der Waals surface area contributed by atoms with Crippen LogP contribution in [0.5, 0.6) is 28.7 Å². The molecular formula is C54H73N3O7. The fraction of sp³-hybridized carbons (Fsp3) is 0.611. The lowest BCUT2D eigenvalue weighted by Crippen LogP contribution is -2.45. The molecule has 9 atom stereocenters. The van der Waals surface area contributed by atoms with Crippen LogP contribution in [0.1, 0.15) is 144 Å². The molecule has 5 heterocycles. The van der Waals surface area contributed by atoms with Gasteiger partial charge in [-0.25, -0.2) is 0 Å². The number of aliphatic hydroxyl groups is 2. The lowest BCUT2D eigenvalue weighted by molar-refractivity contribution is -0.0154. The van der Waals surface area contributed by atoms with Gasteiger partial charge in [0.2, 0.25) is 0 Å². The Labute approximate surface area is 380 Å². The second-order valence-corrected chi connectivity index (χ2v) is 20.8. The van der Waals surface area contributed by atoms with Crippen LogP contribution < -0.4 is 25.3 Å². The zero-order valence-corrected chi connectivity index (χ0v) is 38.7. The minimum absolute atomic E-state index is 0.0426. The van der Waals surface area contributed by atoms with Crippen molar-refractivity contribution in [3.05, 3.63) is 76.4 Å². The highest BCUT2D eigenvalue weighted by Crippen LogP contribution is 2.57. The Hall–Kier alpha value is -4.41. The normalized spacial score (nSPS) is 30.2. The van der Waals surface area contributed by atoms with Crippen LogP contribution >= 0.6 is 0 Å². The van der Waals surface area contributed by atoms with Gasteiger partial charge >= 0.3 is 0 Å². The van der Waals surface area contributed by atoms with E-state index in [1.165, 1.54) is 32.1 Å². The van der Waals surface area contributed by atoms with Crippen molar-refractivity contribution in [2.24, 2.45) is 45.7 Å². The van der Waals surface area contributed by atoms with Crippen LogP contribution in [0.3, 0.4) is 0 Å². The van der Waals surface area contributed by atoms with Crippen molar-refractivity contribution in [2.45, 2.75) is 154 Å². The molecule has 4 aliphatic carbocycles. The molecule has 10 nitrogen and oxygen atoms in total. The van der Waals surface area contributed by atoms with E-state index in [2.05, 4.69) is 49.3 Å².